The number of halogens is 1. The van der Waals surface area contributed by atoms with Crippen molar-refractivity contribution in [2.45, 2.75) is 25.0 Å². The van der Waals surface area contributed by atoms with Gasteiger partial charge in [-0.15, -0.1) is 0 Å². The van der Waals surface area contributed by atoms with Crippen LogP contribution in [0.5, 0.6) is 5.75 Å². The Bertz CT molecular complexity index is 649. The van der Waals surface area contributed by atoms with Gasteiger partial charge in [-0.1, -0.05) is 24.3 Å². The molecule has 0 aliphatic carbocycles. The van der Waals surface area contributed by atoms with Crippen LogP contribution >= 0.6 is 0 Å². The van der Waals surface area contributed by atoms with Gasteiger partial charge in [0.15, 0.2) is 0 Å². The fourth-order valence-corrected chi connectivity index (χ4v) is 3.14. The van der Waals surface area contributed by atoms with E-state index in [-0.39, 0.29) is 5.82 Å². The molecule has 3 rings (SSSR count). The van der Waals surface area contributed by atoms with Crippen molar-refractivity contribution in [3.05, 3.63) is 65.5 Å². The first kappa shape index (κ1) is 16.0. The molecular weight excluding hydrogens is 293 g/mol. The highest BCUT2D eigenvalue weighted by Crippen LogP contribution is 2.33. The van der Waals surface area contributed by atoms with Crippen LogP contribution < -0.4 is 4.74 Å². The van der Waals surface area contributed by atoms with Gasteiger partial charge in [0.1, 0.15) is 11.6 Å². The van der Waals surface area contributed by atoms with Gasteiger partial charge in [0, 0.05) is 19.6 Å². The van der Waals surface area contributed by atoms with E-state index in [0.29, 0.717) is 18.4 Å². The Morgan fingerprint density at radius 3 is 2.43 bits per heavy atom. The van der Waals surface area contributed by atoms with Gasteiger partial charge in [0.05, 0.1) is 12.7 Å². The molecule has 122 valence electrons. The molecule has 0 radical (unpaired) electrons. The van der Waals surface area contributed by atoms with E-state index < -0.39 is 5.60 Å². The van der Waals surface area contributed by atoms with Crippen LogP contribution in [0.3, 0.4) is 0 Å². The van der Waals surface area contributed by atoms with E-state index in [9.17, 15) is 9.50 Å². The Kier molecular flexibility index (Phi) is 4.64. The number of methoxy groups -OCH3 is 1. The van der Waals surface area contributed by atoms with Crippen LogP contribution in [0.1, 0.15) is 24.0 Å². The first-order valence-electron chi connectivity index (χ1n) is 7.93. The van der Waals surface area contributed by atoms with Crippen LogP contribution in [-0.4, -0.2) is 30.2 Å². The molecule has 1 saturated heterocycles. The van der Waals surface area contributed by atoms with Gasteiger partial charge in [-0.2, -0.15) is 0 Å². The smallest absolute Gasteiger partial charge is 0.123 e. The van der Waals surface area contributed by atoms with Crippen molar-refractivity contribution in [2.24, 2.45) is 0 Å². The summed E-state index contributed by atoms with van der Waals surface area (Å²) in [4.78, 5) is 2.32. The number of nitrogens with zero attached hydrogens (tertiary/aromatic N) is 1. The lowest BCUT2D eigenvalue weighted by Gasteiger charge is -2.38. The topological polar surface area (TPSA) is 32.7 Å². The number of piperidine rings is 1. The monoisotopic (exact) mass is 315 g/mol. The summed E-state index contributed by atoms with van der Waals surface area (Å²) in [6.45, 7) is 2.43. The zero-order valence-corrected chi connectivity index (χ0v) is 13.3. The number of hydrogen-bond acceptors (Lipinski definition) is 3. The Morgan fingerprint density at radius 2 is 1.83 bits per heavy atom. The van der Waals surface area contributed by atoms with Gasteiger partial charge in [0.25, 0.3) is 0 Å². The zero-order chi connectivity index (χ0) is 16.3. The van der Waals surface area contributed by atoms with Crippen LogP contribution in [0.15, 0.2) is 48.5 Å². The van der Waals surface area contributed by atoms with Crippen molar-refractivity contribution >= 4 is 0 Å². The molecule has 0 aromatic heterocycles. The summed E-state index contributed by atoms with van der Waals surface area (Å²) in [5.74, 6) is 0.560. The molecule has 1 fully saturated rings. The summed E-state index contributed by atoms with van der Waals surface area (Å²) >= 11 is 0. The van der Waals surface area contributed by atoms with Crippen LogP contribution in [0.4, 0.5) is 4.39 Å². The predicted molar refractivity (Wildman–Crippen MR) is 87.8 cm³/mol. The fraction of sp³-hybridized carbons (Fsp3) is 0.368. The largest absolute Gasteiger partial charge is 0.497 e. The number of benzene rings is 2. The molecule has 1 N–H and O–H groups in total. The minimum absolute atomic E-state index is 0.295. The van der Waals surface area contributed by atoms with E-state index in [4.69, 9.17) is 4.74 Å². The third-order valence-corrected chi connectivity index (χ3v) is 4.61. The minimum atomic E-state index is -0.918. The summed E-state index contributed by atoms with van der Waals surface area (Å²) in [7, 11) is 1.66. The Balaban J connectivity index is 1.61. The number of likely N-dealkylation sites (tertiary alicyclic amines) is 1. The van der Waals surface area contributed by atoms with Gasteiger partial charge in [-0.3, -0.25) is 4.90 Å². The van der Waals surface area contributed by atoms with Gasteiger partial charge in [-0.05, 0) is 48.2 Å². The van der Waals surface area contributed by atoms with Crippen LogP contribution in [0, 0.1) is 5.82 Å². The number of ether oxygens (including phenoxy) is 1. The van der Waals surface area contributed by atoms with Crippen molar-refractivity contribution in [1.82, 2.24) is 4.90 Å². The van der Waals surface area contributed by atoms with Crippen LogP contribution in [0.2, 0.25) is 0 Å². The van der Waals surface area contributed by atoms with E-state index in [1.165, 1.54) is 17.7 Å². The SMILES string of the molecule is COc1ccc(CN2CCC(O)(c3cccc(F)c3)CC2)cc1. The lowest BCUT2D eigenvalue weighted by Crippen LogP contribution is -2.42. The van der Waals surface area contributed by atoms with Gasteiger partial charge >= 0.3 is 0 Å². The maximum absolute atomic E-state index is 13.4. The molecule has 2 aromatic rings. The second-order valence-corrected chi connectivity index (χ2v) is 6.17. The average molecular weight is 315 g/mol. The molecule has 0 saturated carbocycles. The highest BCUT2D eigenvalue weighted by molar-refractivity contribution is 5.27. The summed E-state index contributed by atoms with van der Waals surface area (Å²) < 4.78 is 18.6. The maximum atomic E-state index is 13.4. The van der Waals surface area contributed by atoms with Gasteiger partial charge in [-0.25, -0.2) is 4.39 Å². The van der Waals surface area contributed by atoms with E-state index in [0.717, 1.165) is 25.4 Å². The molecule has 3 nitrogen and oxygen atoms in total. The van der Waals surface area contributed by atoms with Crippen molar-refractivity contribution in [3.63, 3.8) is 0 Å². The molecule has 23 heavy (non-hydrogen) atoms. The summed E-state index contributed by atoms with van der Waals surface area (Å²) in [5, 5.41) is 10.8. The summed E-state index contributed by atoms with van der Waals surface area (Å²) in [6, 6.07) is 14.4. The minimum Gasteiger partial charge on any atom is -0.497 e. The van der Waals surface area contributed by atoms with E-state index in [1.54, 1.807) is 13.2 Å². The second kappa shape index (κ2) is 6.69. The van der Waals surface area contributed by atoms with Gasteiger partial charge < -0.3 is 9.84 Å². The molecule has 4 heteroatoms. The standard InChI is InChI=1S/C19H22FNO2/c1-23-18-7-5-15(6-8-18)14-21-11-9-19(22,10-12-21)16-3-2-4-17(20)13-16/h2-8,13,22H,9-12,14H2,1H3. The molecule has 1 heterocycles. The molecule has 0 amide bonds. The number of hydrogen-bond donors (Lipinski definition) is 1. The highest BCUT2D eigenvalue weighted by Gasteiger charge is 2.34. The first-order chi connectivity index (χ1) is 11.1. The third-order valence-electron chi connectivity index (χ3n) is 4.61. The van der Waals surface area contributed by atoms with E-state index in [2.05, 4.69) is 17.0 Å². The fourth-order valence-electron chi connectivity index (χ4n) is 3.14. The molecule has 0 atom stereocenters. The Labute approximate surface area is 136 Å². The third kappa shape index (κ3) is 3.71. The maximum Gasteiger partial charge on any atom is 0.123 e. The van der Waals surface area contributed by atoms with Crippen molar-refractivity contribution in [2.75, 3.05) is 20.2 Å². The Hall–Kier alpha value is -1.91. The molecular formula is C19H22FNO2. The van der Waals surface area contributed by atoms with Crippen LogP contribution in [-0.2, 0) is 12.1 Å². The van der Waals surface area contributed by atoms with Crippen LogP contribution in [0.25, 0.3) is 0 Å². The van der Waals surface area contributed by atoms with Crippen molar-refractivity contribution in [1.29, 1.82) is 0 Å². The number of rotatable bonds is 4. The van der Waals surface area contributed by atoms with Crippen molar-refractivity contribution < 1.29 is 14.2 Å². The molecule has 0 bridgehead atoms. The normalized spacial score (nSPS) is 17.9. The van der Waals surface area contributed by atoms with Crippen molar-refractivity contribution in [3.8, 4) is 5.75 Å². The zero-order valence-electron chi connectivity index (χ0n) is 13.3. The summed E-state index contributed by atoms with van der Waals surface area (Å²) in [6.07, 6.45) is 1.24. The average Bonchev–Trinajstić information content (AvgIpc) is 2.58. The molecule has 2 aromatic carbocycles. The van der Waals surface area contributed by atoms with Gasteiger partial charge in [0.2, 0.25) is 0 Å². The second-order valence-electron chi connectivity index (χ2n) is 6.17. The lowest BCUT2D eigenvalue weighted by atomic mass is 9.84. The lowest BCUT2D eigenvalue weighted by molar-refractivity contribution is -0.0279. The molecule has 0 unspecified atom stereocenters. The van der Waals surface area contributed by atoms with E-state index in [1.807, 2.05) is 18.2 Å². The summed E-state index contributed by atoms with van der Waals surface area (Å²) in [5.41, 5.74) is 0.988. The Morgan fingerprint density at radius 1 is 1.13 bits per heavy atom. The molecule has 1 aliphatic heterocycles. The van der Waals surface area contributed by atoms with E-state index >= 15 is 0 Å². The first-order valence-corrected chi connectivity index (χ1v) is 7.93. The predicted octanol–water partition coefficient (Wildman–Crippen LogP) is 3.32. The quantitative estimate of drug-likeness (QED) is 0.939. The molecule has 0 spiro atoms. The number of aliphatic hydroxyl groups is 1. The highest BCUT2D eigenvalue weighted by atomic mass is 19.1. The molecule has 1 aliphatic rings.